The molecule has 0 radical (unpaired) electrons. The summed E-state index contributed by atoms with van der Waals surface area (Å²) in [6, 6.07) is 11.3. The summed E-state index contributed by atoms with van der Waals surface area (Å²) >= 11 is 0. The molecule has 1 amide bonds. The van der Waals surface area contributed by atoms with E-state index in [1.165, 1.54) is 6.33 Å². The third-order valence-electron chi connectivity index (χ3n) is 5.88. The Kier molecular flexibility index (Phi) is 4.83. The van der Waals surface area contributed by atoms with Gasteiger partial charge in [0.25, 0.3) is 5.91 Å². The van der Waals surface area contributed by atoms with E-state index in [0.717, 1.165) is 35.2 Å². The zero-order valence-electron chi connectivity index (χ0n) is 18.5. The van der Waals surface area contributed by atoms with Gasteiger partial charge in [0.15, 0.2) is 17.3 Å². The predicted octanol–water partition coefficient (Wildman–Crippen LogP) is 2.91. The van der Waals surface area contributed by atoms with Crippen LogP contribution in [0.3, 0.4) is 0 Å². The van der Waals surface area contributed by atoms with Crippen molar-refractivity contribution >= 4 is 16.9 Å². The van der Waals surface area contributed by atoms with Gasteiger partial charge in [-0.3, -0.25) is 4.79 Å². The normalized spacial score (nSPS) is 13.3. The lowest BCUT2D eigenvalue weighted by atomic mass is 10.1. The van der Waals surface area contributed by atoms with Crippen molar-refractivity contribution in [2.24, 2.45) is 0 Å². The fourth-order valence-corrected chi connectivity index (χ4v) is 4.08. The number of rotatable bonds is 6. The third-order valence-corrected chi connectivity index (χ3v) is 5.88. The number of hydrogen-bond acceptors (Lipinski definition) is 7. The van der Waals surface area contributed by atoms with Crippen molar-refractivity contribution in [3.05, 3.63) is 84.0 Å². The van der Waals surface area contributed by atoms with Crippen LogP contribution in [0.15, 0.2) is 61.4 Å². The molecule has 0 bridgehead atoms. The standard InChI is InChI=1S/C24H21N9O/c1-15-21-18(24(34)28-12-17-5-4-10-27-22(17)32-14-25-13-29-32)11-19(16-7-8-16)30-23(21)33(31-15)20-6-2-3-9-26-20/h2-6,9-11,13-14,16H,7-8,12H2,1H3,(H,28,34). The molecular formula is C24H21N9O. The molecule has 1 N–H and O–H groups in total. The van der Waals surface area contributed by atoms with Gasteiger partial charge in [0.1, 0.15) is 12.7 Å². The van der Waals surface area contributed by atoms with Gasteiger partial charge >= 0.3 is 0 Å². The number of carbonyl (C=O) groups is 1. The molecule has 0 spiro atoms. The lowest BCUT2D eigenvalue weighted by Gasteiger charge is -2.11. The van der Waals surface area contributed by atoms with Crippen LogP contribution in [0.2, 0.25) is 0 Å². The summed E-state index contributed by atoms with van der Waals surface area (Å²) < 4.78 is 3.30. The van der Waals surface area contributed by atoms with Gasteiger partial charge in [-0.25, -0.2) is 24.6 Å². The van der Waals surface area contributed by atoms with Gasteiger partial charge in [-0.15, -0.1) is 0 Å². The Bertz CT molecular complexity index is 1490. The van der Waals surface area contributed by atoms with E-state index in [1.807, 2.05) is 43.3 Å². The topological polar surface area (TPSA) is 116 Å². The summed E-state index contributed by atoms with van der Waals surface area (Å²) in [5.41, 5.74) is 3.69. The van der Waals surface area contributed by atoms with Gasteiger partial charge in [0, 0.05) is 36.1 Å². The molecule has 34 heavy (non-hydrogen) atoms. The average Bonchev–Trinajstić information content (AvgIpc) is 3.48. The van der Waals surface area contributed by atoms with E-state index in [1.54, 1.807) is 28.1 Å². The minimum atomic E-state index is -0.189. The molecular weight excluding hydrogens is 430 g/mol. The van der Waals surface area contributed by atoms with Gasteiger partial charge < -0.3 is 5.32 Å². The fourth-order valence-electron chi connectivity index (χ4n) is 4.08. The second kappa shape index (κ2) is 8.14. The van der Waals surface area contributed by atoms with Gasteiger partial charge in [-0.1, -0.05) is 12.1 Å². The Morgan fingerprint density at radius 3 is 2.79 bits per heavy atom. The number of nitrogens with one attached hydrogen (secondary N) is 1. The fraction of sp³-hybridized carbons (Fsp3) is 0.208. The van der Waals surface area contributed by atoms with E-state index in [9.17, 15) is 4.79 Å². The smallest absolute Gasteiger partial charge is 0.252 e. The summed E-state index contributed by atoms with van der Waals surface area (Å²) in [5, 5.41) is 12.6. The summed E-state index contributed by atoms with van der Waals surface area (Å²) in [7, 11) is 0. The van der Waals surface area contributed by atoms with E-state index in [0.29, 0.717) is 28.8 Å². The zero-order valence-corrected chi connectivity index (χ0v) is 18.5. The minimum absolute atomic E-state index is 0.189. The Morgan fingerprint density at radius 2 is 2.03 bits per heavy atom. The number of amides is 1. The number of fused-ring (bicyclic) bond motifs is 1. The van der Waals surface area contributed by atoms with E-state index >= 15 is 0 Å². The highest BCUT2D eigenvalue weighted by Gasteiger charge is 2.29. The van der Waals surface area contributed by atoms with Gasteiger partial charge in [-0.05, 0) is 44.0 Å². The number of carbonyl (C=O) groups excluding carboxylic acids is 1. The van der Waals surface area contributed by atoms with Crippen molar-refractivity contribution < 1.29 is 4.79 Å². The first-order valence-electron chi connectivity index (χ1n) is 11.1. The molecule has 0 aliphatic heterocycles. The van der Waals surface area contributed by atoms with Crippen LogP contribution >= 0.6 is 0 Å². The molecule has 1 saturated carbocycles. The van der Waals surface area contributed by atoms with Crippen LogP contribution in [-0.4, -0.2) is 45.4 Å². The van der Waals surface area contributed by atoms with Gasteiger partial charge in [0.05, 0.1) is 16.6 Å². The van der Waals surface area contributed by atoms with Crippen LogP contribution in [0.5, 0.6) is 0 Å². The van der Waals surface area contributed by atoms with Crippen LogP contribution in [-0.2, 0) is 6.54 Å². The maximum absolute atomic E-state index is 13.5. The third kappa shape index (κ3) is 3.58. The maximum atomic E-state index is 13.5. The first-order valence-corrected chi connectivity index (χ1v) is 11.1. The Morgan fingerprint density at radius 1 is 1.15 bits per heavy atom. The van der Waals surface area contributed by atoms with Crippen molar-refractivity contribution in [1.29, 1.82) is 0 Å². The number of nitrogens with zero attached hydrogens (tertiary/aromatic N) is 8. The number of aryl methyl sites for hydroxylation is 1. The molecule has 168 valence electrons. The van der Waals surface area contributed by atoms with Crippen LogP contribution < -0.4 is 5.32 Å². The lowest BCUT2D eigenvalue weighted by molar-refractivity contribution is 0.0952. The first-order chi connectivity index (χ1) is 16.7. The summed E-state index contributed by atoms with van der Waals surface area (Å²) in [4.78, 5) is 31.2. The highest BCUT2D eigenvalue weighted by atomic mass is 16.1. The molecule has 1 aliphatic rings. The Balaban J connectivity index is 1.38. The quantitative estimate of drug-likeness (QED) is 0.422. The second-order valence-corrected chi connectivity index (χ2v) is 8.26. The lowest BCUT2D eigenvalue weighted by Crippen LogP contribution is -2.24. The second-order valence-electron chi connectivity index (χ2n) is 8.26. The molecule has 0 saturated heterocycles. The van der Waals surface area contributed by atoms with Crippen molar-refractivity contribution in [2.45, 2.75) is 32.2 Å². The summed E-state index contributed by atoms with van der Waals surface area (Å²) in [5.74, 6) is 1.48. The highest BCUT2D eigenvalue weighted by molar-refractivity contribution is 6.06. The van der Waals surface area contributed by atoms with Gasteiger partial charge in [-0.2, -0.15) is 14.9 Å². The van der Waals surface area contributed by atoms with Crippen molar-refractivity contribution in [3.8, 4) is 11.6 Å². The molecule has 0 atom stereocenters. The highest BCUT2D eigenvalue weighted by Crippen LogP contribution is 2.40. The van der Waals surface area contributed by atoms with Gasteiger partial charge in [0.2, 0.25) is 0 Å². The van der Waals surface area contributed by atoms with Crippen LogP contribution in [0.4, 0.5) is 0 Å². The average molecular weight is 451 g/mol. The zero-order chi connectivity index (χ0) is 23.1. The maximum Gasteiger partial charge on any atom is 0.252 e. The monoisotopic (exact) mass is 451 g/mol. The van der Waals surface area contributed by atoms with E-state index in [4.69, 9.17) is 4.98 Å². The summed E-state index contributed by atoms with van der Waals surface area (Å²) in [6.07, 6.45) is 8.59. The van der Waals surface area contributed by atoms with Crippen molar-refractivity contribution in [1.82, 2.24) is 44.8 Å². The van der Waals surface area contributed by atoms with Crippen molar-refractivity contribution in [2.75, 3.05) is 0 Å². The molecule has 5 aromatic heterocycles. The first kappa shape index (κ1) is 20.2. The van der Waals surface area contributed by atoms with E-state index in [2.05, 4.69) is 30.5 Å². The SMILES string of the molecule is Cc1nn(-c2ccccn2)c2nc(C3CC3)cc(C(=O)NCc3cccnc3-n3cncn3)c12. The molecule has 1 aliphatic carbocycles. The van der Waals surface area contributed by atoms with Crippen molar-refractivity contribution in [3.63, 3.8) is 0 Å². The predicted molar refractivity (Wildman–Crippen MR) is 124 cm³/mol. The molecule has 1 fully saturated rings. The van der Waals surface area contributed by atoms with Crippen LogP contribution in [0.25, 0.3) is 22.7 Å². The number of aromatic nitrogens is 8. The van der Waals surface area contributed by atoms with E-state index < -0.39 is 0 Å². The van der Waals surface area contributed by atoms with Crippen LogP contribution in [0, 0.1) is 6.92 Å². The minimum Gasteiger partial charge on any atom is -0.348 e. The molecule has 10 nitrogen and oxygen atoms in total. The van der Waals surface area contributed by atoms with Crippen LogP contribution in [0.1, 0.15) is 46.1 Å². The summed E-state index contributed by atoms with van der Waals surface area (Å²) in [6.45, 7) is 2.18. The molecule has 5 heterocycles. The molecule has 5 aromatic rings. The van der Waals surface area contributed by atoms with E-state index in [-0.39, 0.29) is 12.5 Å². The number of pyridine rings is 3. The molecule has 6 rings (SSSR count). The Labute approximate surface area is 194 Å². The molecule has 0 aromatic carbocycles. The molecule has 10 heteroatoms. The number of hydrogen-bond donors (Lipinski definition) is 1. The largest absolute Gasteiger partial charge is 0.348 e. The molecule has 0 unspecified atom stereocenters. The Hall–Kier alpha value is -4.47.